The van der Waals surface area contributed by atoms with E-state index in [0.29, 0.717) is 0 Å². The molecule has 35 heavy (non-hydrogen) atoms. The summed E-state index contributed by atoms with van der Waals surface area (Å²) in [5, 5.41) is 15.3. The predicted octanol–water partition coefficient (Wildman–Crippen LogP) is 3.92. The van der Waals surface area contributed by atoms with Crippen molar-refractivity contribution in [3.8, 4) is 11.1 Å². The van der Waals surface area contributed by atoms with Crippen LogP contribution in [0.4, 0.5) is 4.79 Å². The van der Waals surface area contributed by atoms with E-state index in [9.17, 15) is 19.5 Å². The van der Waals surface area contributed by atoms with Crippen LogP contribution in [0, 0.1) is 23.7 Å². The SMILES string of the molecule is O=C(NC1C2CCC(C2)C1C(=O)NC(C(=O)O)C1CC1)OCC1c2ccccc2-c2ccccc21. The van der Waals surface area contributed by atoms with Gasteiger partial charge in [-0.1, -0.05) is 48.5 Å². The molecular weight excluding hydrogens is 444 g/mol. The predicted molar refractivity (Wildman–Crippen MR) is 129 cm³/mol. The number of ether oxygens (including phenoxy) is 1. The topological polar surface area (TPSA) is 105 Å². The summed E-state index contributed by atoms with van der Waals surface area (Å²) >= 11 is 0. The molecule has 7 nitrogen and oxygen atoms in total. The van der Waals surface area contributed by atoms with Crippen LogP contribution >= 0.6 is 0 Å². The molecule has 4 aliphatic carbocycles. The molecule has 7 heteroatoms. The lowest BCUT2D eigenvalue weighted by atomic mass is 9.83. The molecule has 3 fully saturated rings. The zero-order chi connectivity index (χ0) is 24.1. The molecular formula is C28H30N2O5. The van der Waals surface area contributed by atoms with E-state index >= 15 is 0 Å². The highest BCUT2D eigenvalue weighted by Gasteiger charge is 2.52. The third-order valence-electron chi connectivity index (χ3n) is 8.50. The standard InChI is InChI=1S/C28H30N2O5/c31-26(29-25(27(32)33)15-9-10-15)23-16-11-12-17(13-16)24(23)30-28(34)35-14-22-20-7-3-1-5-18(20)19-6-2-4-8-21(19)22/h1-8,15-17,22-25H,9-14H2,(H,29,31)(H,30,34)(H,32,33). The molecule has 2 aromatic carbocycles. The Morgan fingerprint density at radius 2 is 1.54 bits per heavy atom. The van der Waals surface area contributed by atoms with Gasteiger partial charge in [-0.25, -0.2) is 9.59 Å². The number of carboxylic acid groups (broad SMARTS) is 1. The molecule has 6 rings (SSSR count). The van der Waals surface area contributed by atoms with E-state index in [2.05, 4.69) is 34.9 Å². The summed E-state index contributed by atoms with van der Waals surface area (Å²) in [6.45, 7) is 0.223. The van der Waals surface area contributed by atoms with Gasteiger partial charge in [0, 0.05) is 12.0 Å². The van der Waals surface area contributed by atoms with E-state index in [0.717, 1.165) is 43.2 Å². The number of benzene rings is 2. The average molecular weight is 475 g/mol. The molecule has 5 atom stereocenters. The van der Waals surface area contributed by atoms with Crippen LogP contribution in [0.25, 0.3) is 11.1 Å². The van der Waals surface area contributed by atoms with Crippen LogP contribution in [0.5, 0.6) is 0 Å². The van der Waals surface area contributed by atoms with Gasteiger partial charge in [0.15, 0.2) is 0 Å². The molecule has 2 amide bonds. The molecule has 0 radical (unpaired) electrons. The van der Waals surface area contributed by atoms with Gasteiger partial charge in [-0.05, 0) is 72.1 Å². The van der Waals surface area contributed by atoms with E-state index in [1.54, 1.807) is 0 Å². The lowest BCUT2D eigenvalue weighted by molar-refractivity contribution is -0.143. The highest BCUT2D eigenvalue weighted by molar-refractivity contribution is 5.87. The second-order valence-electron chi connectivity index (χ2n) is 10.5. The second kappa shape index (κ2) is 8.70. The number of rotatable bonds is 7. The second-order valence-corrected chi connectivity index (χ2v) is 10.5. The van der Waals surface area contributed by atoms with Crippen molar-refractivity contribution in [2.75, 3.05) is 6.61 Å². The summed E-state index contributed by atoms with van der Waals surface area (Å²) < 4.78 is 5.73. The largest absolute Gasteiger partial charge is 0.480 e. The number of carbonyl (C=O) groups excluding carboxylic acids is 2. The van der Waals surface area contributed by atoms with Crippen LogP contribution in [0.15, 0.2) is 48.5 Å². The van der Waals surface area contributed by atoms with E-state index in [1.165, 1.54) is 11.1 Å². The quantitative estimate of drug-likeness (QED) is 0.564. The minimum Gasteiger partial charge on any atom is -0.480 e. The van der Waals surface area contributed by atoms with Crippen LogP contribution in [-0.2, 0) is 14.3 Å². The van der Waals surface area contributed by atoms with Gasteiger partial charge in [0.05, 0.1) is 5.92 Å². The van der Waals surface area contributed by atoms with Crippen molar-refractivity contribution in [2.45, 2.75) is 50.1 Å². The van der Waals surface area contributed by atoms with Crippen molar-refractivity contribution in [1.82, 2.24) is 10.6 Å². The van der Waals surface area contributed by atoms with Gasteiger partial charge >= 0.3 is 12.1 Å². The molecule has 3 N–H and O–H groups in total. The maximum atomic E-state index is 13.1. The number of nitrogens with one attached hydrogen (secondary N) is 2. The van der Waals surface area contributed by atoms with Crippen LogP contribution < -0.4 is 10.6 Å². The Labute approximate surface area is 204 Å². The lowest BCUT2D eigenvalue weighted by Gasteiger charge is -2.31. The van der Waals surface area contributed by atoms with E-state index in [1.807, 2.05) is 24.3 Å². The third-order valence-corrected chi connectivity index (χ3v) is 8.50. The summed E-state index contributed by atoms with van der Waals surface area (Å²) in [4.78, 5) is 37.7. The van der Waals surface area contributed by atoms with E-state index < -0.39 is 24.0 Å². The molecule has 4 aliphatic rings. The lowest BCUT2D eigenvalue weighted by Crippen LogP contribution is -2.53. The Kier molecular flexibility index (Phi) is 5.50. The van der Waals surface area contributed by atoms with Gasteiger partial charge in [-0.15, -0.1) is 0 Å². The molecule has 2 bridgehead atoms. The van der Waals surface area contributed by atoms with Gasteiger partial charge in [0.25, 0.3) is 0 Å². The Bertz CT molecular complexity index is 1130. The summed E-state index contributed by atoms with van der Waals surface area (Å²) in [6.07, 6.45) is 3.93. The maximum Gasteiger partial charge on any atom is 0.407 e. The number of alkyl carbamates (subject to hydrolysis) is 1. The van der Waals surface area contributed by atoms with E-state index in [-0.39, 0.29) is 42.2 Å². The number of fused-ring (bicyclic) bond motifs is 5. The summed E-state index contributed by atoms with van der Waals surface area (Å²) in [6, 6.07) is 15.2. The van der Waals surface area contributed by atoms with Gasteiger partial charge in [-0.2, -0.15) is 0 Å². The highest BCUT2D eigenvalue weighted by atomic mass is 16.5. The monoisotopic (exact) mass is 474 g/mol. The number of hydrogen-bond donors (Lipinski definition) is 3. The number of carbonyl (C=O) groups is 3. The molecule has 0 aliphatic heterocycles. The minimum atomic E-state index is -0.981. The fourth-order valence-corrected chi connectivity index (χ4v) is 6.71. The Balaban J connectivity index is 1.13. The molecule has 0 heterocycles. The highest BCUT2D eigenvalue weighted by Crippen LogP contribution is 2.49. The number of hydrogen-bond acceptors (Lipinski definition) is 4. The first kappa shape index (κ1) is 22.1. The Hall–Kier alpha value is -3.35. The molecule has 0 saturated heterocycles. The number of carboxylic acids is 1. The van der Waals surface area contributed by atoms with Gasteiger partial charge in [0.2, 0.25) is 5.91 Å². The molecule has 182 valence electrons. The third kappa shape index (κ3) is 3.97. The molecule has 0 spiro atoms. The van der Waals surface area contributed by atoms with Crippen LogP contribution in [0.2, 0.25) is 0 Å². The van der Waals surface area contributed by atoms with Crippen LogP contribution in [0.3, 0.4) is 0 Å². The molecule has 0 aromatic heterocycles. The zero-order valence-electron chi connectivity index (χ0n) is 19.5. The minimum absolute atomic E-state index is 0.0172. The number of aliphatic carboxylic acids is 1. The Morgan fingerprint density at radius 3 is 2.17 bits per heavy atom. The number of amides is 2. The summed E-state index contributed by atoms with van der Waals surface area (Å²) in [7, 11) is 0. The summed E-state index contributed by atoms with van der Waals surface area (Å²) in [5.74, 6) is -1.25. The van der Waals surface area contributed by atoms with Gasteiger partial charge in [0.1, 0.15) is 12.6 Å². The van der Waals surface area contributed by atoms with Crippen LogP contribution in [0.1, 0.15) is 49.1 Å². The van der Waals surface area contributed by atoms with E-state index in [4.69, 9.17) is 4.74 Å². The van der Waals surface area contributed by atoms with Crippen molar-refractivity contribution in [2.24, 2.45) is 23.7 Å². The fourth-order valence-electron chi connectivity index (χ4n) is 6.71. The molecule has 5 unspecified atom stereocenters. The van der Waals surface area contributed by atoms with Crippen LogP contribution in [-0.4, -0.2) is 41.8 Å². The Morgan fingerprint density at radius 1 is 0.914 bits per heavy atom. The normalized spacial score (nSPS) is 27.1. The summed E-state index contributed by atoms with van der Waals surface area (Å²) in [5.41, 5.74) is 4.65. The molecule has 3 saturated carbocycles. The first-order chi connectivity index (χ1) is 17.0. The first-order valence-electron chi connectivity index (χ1n) is 12.7. The van der Waals surface area contributed by atoms with Gasteiger partial charge in [-0.3, -0.25) is 4.79 Å². The van der Waals surface area contributed by atoms with Crippen molar-refractivity contribution < 1.29 is 24.2 Å². The fraction of sp³-hybridized carbons (Fsp3) is 0.464. The zero-order valence-corrected chi connectivity index (χ0v) is 19.5. The smallest absolute Gasteiger partial charge is 0.407 e. The molecule has 2 aromatic rings. The van der Waals surface area contributed by atoms with Crippen molar-refractivity contribution in [1.29, 1.82) is 0 Å². The van der Waals surface area contributed by atoms with Crippen molar-refractivity contribution in [3.05, 3.63) is 59.7 Å². The van der Waals surface area contributed by atoms with Gasteiger partial charge < -0.3 is 20.5 Å². The average Bonchev–Trinajstić information content (AvgIpc) is 3.36. The maximum absolute atomic E-state index is 13.1. The van der Waals surface area contributed by atoms with Crippen molar-refractivity contribution >= 4 is 18.0 Å². The van der Waals surface area contributed by atoms with Crippen molar-refractivity contribution in [3.63, 3.8) is 0 Å². The first-order valence-corrected chi connectivity index (χ1v) is 12.7.